The number of carbonyl (C=O) groups excluding carboxylic acids is 1. The van der Waals surface area contributed by atoms with Gasteiger partial charge in [-0.15, -0.1) is 0 Å². The molecule has 1 heterocycles. The van der Waals surface area contributed by atoms with Crippen molar-refractivity contribution >= 4 is 15.9 Å². The first-order valence-corrected chi connectivity index (χ1v) is 12.3. The Morgan fingerprint density at radius 3 is 2.62 bits per heavy atom. The molecule has 3 atom stereocenters. The summed E-state index contributed by atoms with van der Waals surface area (Å²) in [6.07, 6.45) is -0.0508. The predicted octanol–water partition coefficient (Wildman–Crippen LogP) is 1.24. The molecule has 32 heavy (non-hydrogen) atoms. The van der Waals surface area contributed by atoms with Gasteiger partial charge in [0.15, 0.2) is 0 Å². The van der Waals surface area contributed by atoms with Crippen LogP contribution in [-0.2, 0) is 14.8 Å². The van der Waals surface area contributed by atoms with Crippen LogP contribution < -0.4 is 4.74 Å². The number of carbonyl (C=O) groups is 1. The third kappa shape index (κ3) is 6.23. The van der Waals surface area contributed by atoms with Crippen molar-refractivity contribution in [3.8, 4) is 17.6 Å². The first kappa shape index (κ1) is 26.1. The van der Waals surface area contributed by atoms with Crippen LogP contribution in [0.25, 0.3) is 0 Å². The summed E-state index contributed by atoms with van der Waals surface area (Å²) < 4.78 is 34.5. The van der Waals surface area contributed by atoms with Crippen LogP contribution in [0.3, 0.4) is 0 Å². The van der Waals surface area contributed by atoms with Crippen LogP contribution in [0.4, 0.5) is 0 Å². The highest BCUT2D eigenvalue weighted by molar-refractivity contribution is 7.89. The predicted molar refractivity (Wildman–Crippen MR) is 124 cm³/mol. The third-order valence-corrected chi connectivity index (χ3v) is 7.50. The van der Waals surface area contributed by atoms with Crippen LogP contribution in [0.2, 0.25) is 0 Å². The quantitative estimate of drug-likeness (QED) is 0.636. The van der Waals surface area contributed by atoms with Gasteiger partial charge in [0.1, 0.15) is 16.7 Å². The highest BCUT2D eigenvalue weighted by Crippen LogP contribution is 2.34. The normalized spacial score (nSPS) is 21.4. The smallest absolute Gasteiger partial charge is 0.247 e. The summed E-state index contributed by atoms with van der Waals surface area (Å²) in [6, 6.07) is 4.22. The Bertz CT molecular complexity index is 968. The van der Waals surface area contributed by atoms with Crippen LogP contribution in [0.1, 0.15) is 32.8 Å². The molecule has 0 radical (unpaired) electrons. The second kappa shape index (κ2) is 11.1. The highest BCUT2D eigenvalue weighted by Gasteiger charge is 2.38. The van der Waals surface area contributed by atoms with E-state index < -0.39 is 22.2 Å². The number of hydrogen-bond acceptors (Lipinski definition) is 6. The minimum atomic E-state index is -3.90. The Morgan fingerprint density at radius 1 is 1.34 bits per heavy atom. The molecule has 1 aliphatic rings. The van der Waals surface area contributed by atoms with Crippen LogP contribution >= 0.6 is 0 Å². The van der Waals surface area contributed by atoms with Crippen molar-refractivity contribution in [1.82, 2.24) is 14.1 Å². The molecule has 1 aromatic carbocycles. The number of rotatable bonds is 6. The maximum Gasteiger partial charge on any atom is 0.247 e. The molecule has 1 aromatic rings. The minimum Gasteiger partial charge on any atom is -0.487 e. The van der Waals surface area contributed by atoms with Gasteiger partial charge in [-0.3, -0.25) is 9.69 Å². The summed E-state index contributed by atoms with van der Waals surface area (Å²) in [5.41, 5.74) is 0.646. The molecule has 0 saturated heterocycles. The Hall–Kier alpha value is -2.12. The maximum atomic E-state index is 13.4. The second-order valence-corrected chi connectivity index (χ2v) is 10.4. The SMILES string of the molecule is CCC(=O)N(C)C[C@@H]1Oc2cc(C#CCN(C)C)ccc2S(=O)(=O)N([C@@H](C)CO)C[C@H]1C. The van der Waals surface area contributed by atoms with Gasteiger partial charge in [-0.05, 0) is 39.2 Å². The molecule has 8 nitrogen and oxygen atoms in total. The van der Waals surface area contributed by atoms with Gasteiger partial charge in [0.05, 0.1) is 19.7 Å². The summed E-state index contributed by atoms with van der Waals surface area (Å²) in [5.74, 6) is 6.07. The van der Waals surface area contributed by atoms with E-state index in [-0.39, 0.29) is 35.6 Å². The monoisotopic (exact) mass is 465 g/mol. The van der Waals surface area contributed by atoms with Crippen molar-refractivity contribution in [2.45, 2.75) is 44.2 Å². The molecule has 1 N–H and O–H groups in total. The van der Waals surface area contributed by atoms with E-state index in [9.17, 15) is 18.3 Å². The van der Waals surface area contributed by atoms with Crippen molar-refractivity contribution in [1.29, 1.82) is 0 Å². The lowest BCUT2D eigenvalue weighted by molar-refractivity contribution is -0.131. The molecule has 0 spiro atoms. The average molecular weight is 466 g/mol. The standard InChI is InChI=1S/C23H35N3O5S/c1-7-23(28)25(6)15-21-17(2)14-26(18(3)16-27)32(29,30)22-11-10-19(13-20(22)31-21)9-8-12-24(4)5/h10-11,13,17-18,21,27H,7,12,14-16H2,1-6H3/t17-,18+,21+/m1/s1. The molecule has 9 heteroatoms. The number of hydrogen-bond donors (Lipinski definition) is 1. The number of ether oxygens (including phenoxy) is 1. The van der Waals surface area contributed by atoms with E-state index in [0.717, 1.165) is 0 Å². The topological polar surface area (TPSA) is 90.4 Å². The number of amides is 1. The van der Waals surface area contributed by atoms with E-state index in [0.29, 0.717) is 25.1 Å². The second-order valence-electron chi connectivity index (χ2n) is 8.57. The van der Waals surface area contributed by atoms with Gasteiger partial charge >= 0.3 is 0 Å². The molecule has 178 valence electrons. The number of aliphatic hydroxyl groups is 1. The zero-order valence-electron chi connectivity index (χ0n) is 19.8. The van der Waals surface area contributed by atoms with Crippen LogP contribution in [-0.4, -0.2) is 93.1 Å². The first-order chi connectivity index (χ1) is 15.0. The van der Waals surface area contributed by atoms with E-state index in [4.69, 9.17) is 4.74 Å². The average Bonchev–Trinajstić information content (AvgIpc) is 2.74. The van der Waals surface area contributed by atoms with Gasteiger partial charge in [0.25, 0.3) is 0 Å². The summed E-state index contributed by atoms with van der Waals surface area (Å²) in [7, 11) is 1.66. The highest BCUT2D eigenvalue weighted by atomic mass is 32.2. The Kier molecular flexibility index (Phi) is 9.10. The molecule has 0 fully saturated rings. The first-order valence-electron chi connectivity index (χ1n) is 10.8. The zero-order valence-corrected chi connectivity index (χ0v) is 20.6. The van der Waals surface area contributed by atoms with E-state index in [1.54, 1.807) is 37.9 Å². The van der Waals surface area contributed by atoms with E-state index >= 15 is 0 Å². The van der Waals surface area contributed by atoms with Gasteiger partial charge < -0.3 is 14.7 Å². The van der Waals surface area contributed by atoms with Crippen LogP contribution in [0, 0.1) is 17.8 Å². The van der Waals surface area contributed by atoms with E-state index in [1.807, 2.05) is 25.9 Å². The van der Waals surface area contributed by atoms with Crippen LogP contribution in [0.15, 0.2) is 23.1 Å². The fourth-order valence-corrected chi connectivity index (χ4v) is 5.29. The van der Waals surface area contributed by atoms with E-state index in [2.05, 4.69) is 11.8 Å². The van der Waals surface area contributed by atoms with Crippen molar-refractivity contribution in [3.63, 3.8) is 0 Å². The molecular weight excluding hydrogens is 430 g/mol. The molecular formula is C23H35N3O5S. The number of fused-ring (bicyclic) bond motifs is 1. The number of benzene rings is 1. The molecule has 0 aliphatic carbocycles. The summed E-state index contributed by atoms with van der Waals surface area (Å²) in [5, 5.41) is 9.71. The van der Waals surface area contributed by atoms with Gasteiger partial charge in [-0.25, -0.2) is 8.42 Å². The fourth-order valence-electron chi connectivity index (χ4n) is 3.46. The van der Waals surface area contributed by atoms with E-state index in [1.165, 1.54) is 10.4 Å². The number of sulfonamides is 1. The van der Waals surface area contributed by atoms with Gasteiger partial charge in [0.2, 0.25) is 15.9 Å². The Balaban J connectivity index is 2.55. The maximum absolute atomic E-state index is 13.4. The zero-order chi connectivity index (χ0) is 24.1. The molecule has 2 rings (SSSR count). The van der Waals surface area contributed by atoms with Gasteiger partial charge in [0, 0.05) is 37.5 Å². The molecule has 0 bridgehead atoms. The molecule has 0 saturated carbocycles. The van der Waals surface area contributed by atoms with Crippen molar-refractivity contribution in [3.05, 3.63) is 23.8 Å². The third-order valence-electron chi connectivity index (χ3n) is 5.48. The summed E-state index contributed by atoms with van der Waals surface area (Å²) in [4.78, 5) is 15.7. The molecule has 1 aliphatic heterocycles. The molecule has 1 amide bonds. The van der Waals surface area contributed by atoms with Gasteiger partial charge in [-0.2, -0.15) is 4.31 Å². The Morgan fingerprint density at radius 2 is 2.03 bits per heavy atom. The molecule has 0 aromatic heterocycles. The number of likely N-dealkylation sites (N-methyl/N-ethyl adjacent to an activating group) is 1. The Labute approximate surface area is 192 Å². The minimum absolute atomic E-state index is 0.0143. The van der Waals surface area contributed by atoms with Crippen molar-refractivity contribution in [2.75, 3.05) is 47.4 Å². The number of nitrogens with zero attached hydrogens (tertiary/aromatic N) is 3. The van der Waals surface area contributed by atoms with Crippen molar-refractivity contribution in [2.24, 2.45) is 5.92 Å². The summed E-state index contributed by atoms with van der Waals surface area (Å²) >= 11 is 0. The van der Waals surface area contributed by atoms with Crippen LogP contribution in [0.5, 0.6) is 5.75 Å². The fraction of sp³-hybridized carbons (Fsp3) is 0.609. The largest absolute Gasteiger partial charge is 0.487 e. The summed E-state index contributed by atoms with van der Waals surface area (Å²) in [6.45, 7) is 6.14. The lowest BCUT2D eigenvalue weighted by Crippen LogP contribution is -2.50. The lowest BCUT2D eigenvalue weighted by atomic mass is 10.0. The lowest BCUT2D eigenvalue weighted by Gasteiger charge is -2.37. The van der Waals surface area contributed by atoms with Gasteiger partial charge in [-0.1, -0.05) is 25.7 Å². The van der Waals surface area contributed by atoms with Crippen molar-refractivity contribution < 1.29 is 23.1 Å². The molecule has 0 unspecified atom stereocenters. The number of aliphatic hydroxyl groups excluding tert-OH is 1.